The lowest BCUT2D eigenvalue weighted by Crippen LogP contribution is -2.29. The third-order valence-corrected chi connectivity index (χ3v) is 5.82. The van der Waals surface area contributed by atoms with E-state index in [0.717, 1.165) is 28.1 Å². The molecule has 0 radical (unpaired) electrons. The molecule has 2 aromatic heterocycles. The molecule has 2 aromatic carbocycles. The van der Waals surface area contributed by atoms with Crippen LogP contribution in [0.3, 0.4) is 0 Å². The summed E-state index contributed by atoms with van der Waals surface area (Å²) in [6.07, 6.45) is 2.34. The number of halogens is 1. The molecule has 160 valence electrons. The highest BCUT2D eigenvalue weighted by molar-refractivity contribution is 6.30. The van der Waals surface area contributed by atoms with Gasteiger partial charge in [-0.2, -0.15) is 10.4 Å². The van der Waals surface area contributed by atoms with Gasteiger partial charge in [-0.15, -0.1) is 0 Å². The number of carbonyl (C=O) groups excluding carboxylic acids is 1. The van der Waals surface area contributed by atoms with Gasteiger partial charge in [-0.25, -0.2) is 9.50 Å². The molecule has 4 aromatic rings. The Morgan fingerprint density at radius 1 is 1.12 bits per heavy atom. The summed E-state index contributed by atoms with van der Waals surface area (Å²) in [5, 5.41) is 17.3. The number of hydrogen-bond acceptors (Lipinski definition) is 4. The van der Waals surface area contributed by atoms with E-state index in [1.807, 2.05) is 68.4 Å². The van der Waals surface area contributed by atoms with Gasteiger partial charge in [0, 0.05) is 22.8 Å². The molecule has 0 aliphatic heterocycles. The van der Waals surface area contributed by atoms with Gasteiger partial charge >= 0.3 is 0 Å². The van der Waals surface area contributed by atoms with Crippen LogP contribution in [0.25, 0.3) is 5.65 Å². The van der Waals surface area contributed by atoms with E-state index >= 15 is 0 Å². The van der Waals surface area contributed by atoms with E-state index < -0.39 is 0 Å². The number of fused-ring (bicyclic) bond motifs is 1. The zero-order valence-corrected chi connectivity index (χ0v) is 18.6. The summed E-state index contributed by atoms with van der Waals surface area (Å²) >= 11 is 6.05. The molecule has 0 saturated heterocycles. The van der Waals surface area contributed by atoms with Crippen molar-refractivity contribution in [3.05, 3.63) is 99.5 Å². The number of amides is 1. The Balaban J connectivity index is 1.54. The maximum atomic E-state index is 13.0. The van der Waals surface area contributed by atoms with Crippen LogP contribution in [-0.4, -0.2) is 20.5 Å². The van der Waals surface area contributed by atoms with Gasteiger partial charge in [-0.1, -0.05) is 54.1 Å². The predicted molar refractivity (Wildman–Crippen MR) is 123 cm³/mol. The summed E-state index contributed by atoms with van der Waals surface area (Å²) in [6.45, 7) is 3.83. The van der Waals surface area contributed by atoms with Crippen LogP contribution in [0.1, 0.15) is 46.1 Å². The van der Waals surface area contributed by atoms with Crippen molar-refractivity contribution in [2.75, 3.05) is 0 Å². The van der Waals surface area contributed by atoms with Gasteiger partial charge in [0.2, 0.25) is 5.91 Å². The Kier molecular flexibility index (Phi) is 6.20. The van der Waals surface area contributed by atoms with Gasteiger partial charge in [0.15, 0.2) is 5.65 Å². The smallest absolute Gasteiger partial charge is 0.221 e. The first-order valence-electron chi connectivity index (χ1n) is 10.3. The molecular formula is C25H22ClN5O. The molecular weight excluding hydrogens is 422 g/mol. The first-order valence-corrected chi connectivity index (χ1v) is 10.7. The van der Waals surface area contributed by atoms with Crippen molar-refractivity contribution in [2.45, 2.75) is 32.7 Å². The van der Waals surface area contributed by atoms with Crippen LogP contribution in [0.2, 0.25) is 5.02 Å². The highest BCUT2D eigenvalue weighted by atomic mass is 35.5. The number of nitrogens with one attached hydrogen (secondary N) is 1. The molecule has 6 nitrogen and oxygen atoms in total. The third-order valence-electron chi connectivity index (χ3n) is 5.57. The standard InChI is InChI=1S/C25H22ClN5O/c1-16-22(17(2)31-25(29-16)20(14-27)15-28-31)12-13-23(32)30-24(18-6-4-3-5-7-18)19-8-10-21(26)11-9-19/h3-11,15,24H,12-13H2,1-2H3,(H,30,32). The summed E-state index contributed by atoms with van der Waals surface area (Å²) in [7, 11) is 0. The van der Waals surface area contributed by atoms with E-state index in [9.17, 15) is 10.1 Å². The molecule has 0 aliphatic carbocycles. The van der Waals surface area contributed by atoms with Crippen molar-refractivity contribution < 1.29 is 4.79 Å². The minimum absolute atomic E-state index is 0.0640. The number of hydrogen-bond donors (Lipinski definition) is 1. The van der Waals surface area contributed by atoms with Gasteiger partial charge in [0.05, 0.1) is 12.2 Å². The number of nitriles is 1. The Labute approximate surface area is 191 Å². The number of aromatic nitrogens is 3. The molecule has 1 unspecified atom stereocenters. The summed E-state index contributed by atoms with van der Waals surface area (Å²) in [4.78, 5) is 17.5. The van der Waals surface area contributed by atoms with Crippen LogP contribution >= 0.6 is 11.6 Å². The lowest BCUT2D eigenvalue weighted by molar-refractivity contribution is -0.121. The molecule has 0 spiro atoms. The second-order valence-electron chi connectivity index (χ2n) is 7.63. The van der Waals surface area contributed by atoms with E-state index in [1.54, 1.807) is 4.52 Å². The van der Waals surface area contributed by atoms with Crippen molar-refractivity contribution >= 4 is 23.2 Å². The number of carbonyl (C=O) groups is 1. The van der Waals surface area contributed by atoms with E-state index in [1.165, 1.54) is 6.20 Å². The normalized spacial score (nSPS) is 11.8. The largest absolute Gasteiger partial charge is 0.345 e. The molecule has 0 bridgehead atoms. The molecule has 7 heteroatoms. The van der Waals surface area contributed by atoms with E-state index in [2.05, 4.69) is 21.5 Å². The highest BCUT2D eigenvalue weighted by Crippen LogP contribution is 2.24. The Morgan fingerprint density at radius 3 is 2.50 bits per heavy atom. The topological polar surface area (TPSA) is 83.1 Å². The summed E-state index contributed by atoms with van der Waals surface area (Å²) in [5.41, 5.74) is 5.60. The number of aryl methyl sites for hydroxylation is 2. The molecule has 4 rings (SSSR count). The highest BCUT2D eigenvalue weighted by Gasteiger charge is 2.19. The first-order chi connectivity index (χ1) is 15.5. The molecule has 1 N–H and O–H groups in total. The molecule has 0 saturated carbocycles. The maximum absolute atomic E-state index is 13.0. The van der Waals surface area contributed by atoms with Gasteiger partial charge < -0.3 is 5.32 Å². The molecule has 2 heterocycles. The average Bonchev–Trinajstić information content (AvgIpc) is 3.21. The zero-order valence-electron chi connectivity index (χ0n) is 17.8. The molecule has 1 atom stereocenters. The van der Waals surface area contributed by atoms with Crippen LogP contribution in [0.15, 0.2) is 60.8 Å². The fourth-order valence-corrected chi connectivity index (χ4v) is 4.01. The number of nitrogens with zero attached hydrogens (tertiary/aromatic N) is 4. The summed E-state index contributed by atoms with van der Waals surface area (Å²) < 4.78 is 1.67. The van der Waals surface area contributed by atoms with Crippen molar-refractivity contribution in [3.8, 4) is 6.07 Å². The molecule has 0 fully saturated rings. The maximum Gasteiger partial charge on any atom is 0.221 e. The van der Waals surface area contributed by atoms with Crippen LogP contribution in [0.5, 0.6) is 0 Å². The molecule has 1 amide bonds. The second kappa shape index (κ2) is 9.21. The van der Waals surface area contributed by atoms with Crippen LogP contribution in [0.4, 0.5) is 0 Å². The lowest BCUT2D eigenvalue weighted by atomic mass is 9.98. The van der Waals surface area contributed by atoms with Gasteiger partial charge in [-0.3, -0.25) is 4.79 Å². The minimum atomic E-state index is -0.270. The SMILES string of the molecule is Cc1nc2c(C#N)cnn2c(C)c1CCC(=O)NC(c1ccccc1)c1ccc(Cl)cc1. The third kappa shape index (κ3) is 4.34. The minimum Gasteiger partial charge on any atom is -0.345 e. The van der Waals surface area contributed by atoms with Crippen molar-refractivity contribution in [3.63, 3.8) is 0 Å². The van der Waals surface area contributed by atoms with Gasteiger partial charge in [0.25, 0.3) is 0 Å². The molecule has 0 aliphatic rings. The van der Waals surface area contributed by atoms with Gasteiger partial charge in [-0.05, 0) is 49.1 Å². The summed E-state index contributed by atoms with van der Waals surface area (Å²) in [5.74, 6) is -0.0640. The van der Waals surface area contributed by atoms with E-state index in [4.69, 9.17) is 11.6 Å². The van der Waals surface area contributed by atoms with Gasteiger partial charge in [0.1, 0.15) is 11.6 Å². The number of rotatable bonds is 6. The fourth-order valence-electron chi connectivity index (χ4n) is 3.88. The quantitative estimate of drug-likeness (QED) is 0.467. The monoisotopic (exact) mass is 443 g/mol. The van der Waals surface area contributed by atoms with Crippen molar-refractivity contribution in [1.82, 2.24) is 19.9 Å². The fraction of sp³-hybridized carbons (Fsp3) is 0.200. The van der Waals surface area contributed by atoms with E-state index in [-0.39, 0.29) is 11.9 Å². The predicted octanol–water partition coefficient (Wildman–Crippen LogP) is 4.71. The Morgan fingerprint density at radius 2 is 1.81 bits per heavy atom. The van der Waals surface area contributed by atoms with Crippen molar-refractivity contribution in [1.29, 1.82) is 5.26 Å². The van der Waals surface area contributed by atoms with Crippen LogP contribution < -0.4 is 5.32 Å². The van der Waals surface area contributed by atoms with E-state index in [0.29, 0.717) is 29.1 Å². The first kappa shape index (κ1) is 21.5. The lowest BCUT2D eigenvalue weighted by Gasteiger charge is -2.20. The average molecular weight is 444 g/mol. The van der Waals surface area contributed by atoms with Crippen LogP contribution in [0, 0.1) is 25.2 Å². The Hall–Kier alpha value is -3.69. The summed E-state index contributed by atoms with van der Waals surface area (Å²) in [6, 6.07) is 19.2. The second-order valence-corrected chi connectivity index (χ2v) is 8.07. The van der Waals surface area contributed by atoms with Crippen molar-refractivity contribution in [2.24, 2.45) is 0 Å². The molecule has 32 heavy (non-hydrogen) atoms. The Bertz CT molecular complexity index is 1310. The van der Waals surface area contributed by atoms with Crippen LogP contribution in [-0.2, 0) is 11.2 Å². The zero-order chi connectivity index (χ0) is 22.7. The number of benzene rings is 2.